The molecule has 1 aliphatic heterocycles. The van der Waals surface area contributed by atoms with Crippen LogP contribution in [0, 0.1) is 11.6 Å². The summed E-state index contributed by atoms with van der Waals surface area (Å²) in [7, 11) is 0. The van der Waals surface area contributed by atoms with Crippen molar-refractivity contribution in [1.82, 2.24) is 4.90 Å². The number of hydrogen-bond donors (Lipinski definition) is 1. The fourth-order valence-electron chi connectivity index (χ4n) is 2.30. The maximum absolute atomic E-state index is 13.8. The first-order chi connectivity index (χ1) is 8.49. The van der Waals surface area contributed by atoms with Crippen LogP contribution in [0.15, 0.2) is 16.6 Å². The molecular weight excluding hydrogens is 308 g/mol. The Hall–Kier alpha value is -1.17. The molecule has 2 rings (SSSR count). The number of piperidine rings is 1. The van der Waals surface area contributed by atoms with Crippen LogP contribution < -0.4 is 0 Å². The Kier molecular flexibility index (Phi) is 3.85. The lowest BCUT2D eigenvalue weighted by atomic mass is 9.89. The molecule has 0 bridgehead atoms. The lowest BCUT2D eigenvalue weighted by Crippen LogP contribution is -2.37. The second kappa shape index (κ2) is 5.22. The minimum atomic E-state index is -0.981. The van der Waals surface area contributed by atoms with Gasteiger partial charge < -0.3 is 10.0 Å². The van der Waals surface area contributed by atoms with Crippen molar-refractivity contribution in [3.05, 3.63) is 33.8 Å². The summed E-state index contributed by atoms with van der Waals surface area (Å²) < 4.78 is 27.9. The molecular formula is C12H12BrF2NO2. The summed E-state index contributed by atoms with van der Waals surface area (Å²) in [6.45, 7) is 0.629. The van der Waals surface area contributed by atoms with Gasteiger partial charge in [0.25, 0.3) is 0 Å². The van der Waals surface area contributed by atoms with E-state index in [1.807, 2.05) is 0 Å². The molecule has 0 unspecified atom stereocenters. The van der Waals surface area contributed by atoms with Crippen molar-refractivity contribution in [2.24, 2.45) is 0 Å². The molecule has 1 aromatic rings. The van der Waals surface area contributed by atoms with Crippen LogP contribution in [-0.4, -0.2) is 29.2 Å². The first-order valence-electron chi connectivity index (χ1n) is 5.61. The van der Waals surface area contributed by atoms with E-state index in [4.69, 9.17) is 5.11 Å². The minimum Gasteiger partial charge on any atom is -0.465 e. The summed E-state index contributed by atoms with van der Waals surface area (Å²) in [5.74, 6) is -1.40. The molecule has 0 aliphatic carbocycles. The van der Waals surface area contributed by atoms with Gasteiger partial charge in [-0.15, -0.1) is 0 Å². The number of carbonyl (C=O) groups is 1. The van der Waals surface area contributed by atoms with Gasteiger partial charge in [0.2, 0.25) is 0 Å². The number of nitrogens with zero attached hydrogens (tertiary/aromatic N) is 1. The zero-order valence-electron chi connectivity index (χ0n) is 9.50. The molecule has 3 nitrogen and oxygen atoms in total. The van der Waals surface area contributed by atoms with Crippen LogP contribution in [0.5, 0.6) is 0 Å². The fraction of sp³-hybridized carbons (Fsp3) is 0.417. The average molecular weight is 320 g/mol. The molecule has 6 heteroatoms. The fourth-order valence-corrected chi connectivity index (χ4v) is 2.70. The highest BCUT2D eigenvalue weighted by atomic mass is 79.9. The van der Waals surface area contributed by atoms with Crippen LogP contribution in [0.3, 0.4) is 0 Å². The van der Waals surface area contributed by atoms with Crippen molar-refractivity contribution >= 4 is 22.0 Å². The lowest BCUT2D eigenvalue weighted by Gasteiger charge is -2.30. The van der Waals surface area contributed by atoms with E-state index in [-0.39, 0.29) is 11.5 Å². The third kappa shape index (κ3) is 2.63. The van der Waals surface area contributed by atoms with E-state index < -0.39 is 17.7 Å². The van der Waals surface area contributed by atoms with E-state index in [2.05, 4.69) is 15.9 Å². The van der Waals surface area contributed by atoms with E-state index in [9.17, 15) is 13.6 Å². The topological polar surface area (TPSA) is 40.5 Å². The second-order valence-electron chi connectivity index (χ2n) is 4.33. The summed E-state index contributed by atoms with van der Waals surface area (Å²) in [5.41, 5.74) is 0.0724. The predicted molar refractivity (Wildman–Crippen MR) is 65.6 cm³/mol. The van der Waals surface area contributed by atoms with Crippen molar-refractivity contribution in [2.75, 3.05) is 13.1 Å². The highest BCUT2D eigenvalue weighted by Gasteiger charge is 2.27. The molecule has 98 valence electrons. The highest BCUT2D eigenvalue weighted by Crippen LogP contribution is 2.33. The monoisotopic (exact) mass is 319 g/mol. The van der Waals surface area contributed by atoms with Crippen LogP contribution in [-0.2, 0) is 0 Å². The Morgan fingerprint density at radius 2 is 1.78 bits per heavy atom. The molecule has 1 aromatic carbocycles. The lowest BCUT2D eigenvalue weighted by molar-refractivity contribution is 0.131. The third-order valence-electron chi connectivity index (χ3n) is 3.22. The van der Waals surface area contributed by atoms with Gasteiger partial charge in [-0.3, -0.25) is 0 Å². The van der Waals surface area contributed by atoms with Crippen LogP contribution in [0.1, 0.15) is 24.3 Å². The summed E-state index contributed by atoms with van der Waals surface area (Å²) in [6, 6.07) is 2.48. The van der Waals surface area contributed by atoms with Crippen molar-refractivity contribution in [2.45, 2.75) is 18.8 Å². The summed E-state index contributed by atoms with van der Waals surface area (Å²) in [4.78, 5) is 12.0. The molecule has 0 spiro atoms. The van der Waals surface area contributed by atoms with Crippen LogP contribution in [0.4, 0.5) is 13.6 Å². The second-order valence-corrected chi connectivity index (χ2v) is 5.24. The Bertz CT molecular complexity index is 450. The van der Waals surface area contributed by atoms with E-state index in [1.54, 1.807) is 0 Å². The van der Waals surface area contributed by atoms with Crippen molar-refractivity contribution in [3.8, 4) is 0 Å². The summed E-state index contributed by atoms with van der Waals surface area (Å²) in [6.07, 6.45) is -0.0889. The van der Waals surface area contributed by atoms with Crippen molar-refractivity contribution < 1.29 is 18.7 Å². The summed E-state index contributed by atoms with van der Waals surface area (Å²) in [5, 5.41) is 8.81. The standard InChI is InChI=1S/C12H12BrF2NO2/c13-8-5-9(14)11(10(15)6-8)7-1-3-16(4-2-7)12(17)18/h5-7H,1-4H2,(H,17,18). The zero-order valence-corrected chi connectivity index (χ0v) is 11.1. The smallest absolute Gasteiger partial charge is 0.407 e. The molecule has 0 aromatic heterocycles. The maximum atomic E-state index is 13.8. The SMILES string of the molecule is O=C(O)N1CCC(c2c(F)cc(Br)cc2F)CC1. The van der Waals surface area contributed by atoms with Gasteiger partial charge in [0.1, 0.15) is 11.6 Å². The molecule has 1 aliphatic rings. The number of likely N-dealkylation sites (tertiary alicyclic amines) is 1. The molecule has 1 saturated heterocycles. The number of rotatable bonds is 1. The molecule has 1 amide bonds. The number of halogens is 3. The summed E-state index contributed by atoms with van der Waals surface area (Å²) >= 11 is 3.03. The van der Waals surface area contributed by atoms with E-state index in [1.165, 1.54) is 17.0 Å². The maximum Gasteiger partial charge on any atom is 0.407 e. The van der Waals surface area contributed by atoms with E-state index in [0.717, 1.165) is 0 Å². The molecule has 18 heavy (non-hydrogen) atoms. The van der Waals surface area contributed by atoms with E-state index >= 15 is 0 Å². The largest absolute Gasteiger partial charge is 0.465 e. The number of hydrogen-bond acceptors (Lipinski definition) is 1. The normalized spacial score (nSPS) is 16.9. The average Bonchev–Trinajstić information content (AvgIpc) is 2.28. The van der Waals surface area contributed by atoms with Crippen molar-refractivity contribution in [1.29, 1.82) is 0 Å². The minimum absolute atomic E-state index is 0.0724. The molecule has 0 saturated carbocycles. The van der Waals surface area contributed by atoms with Gasteiger partial charge in [-0.05, 0) is 30.9 Å². The van der Waals surface area contributed by atoms with Crippen LogP contribution in [0.2, 0.25) is 0 Å². The number of benzene rings is 1. The van der Waals surface area contributed by atoms with Gasteiger partial charge in [-0.25, -0.2) is 13.6 Å². The Morgan fingerprint density at radius 1 is 1.28 bits per heavy atom. The zero-order chi connectivity index (χ0) is 13.3. The van der Waals surface area contributed by atoms with Gasteiger partial charge in [0.15, 0.2) is 0 Å². The highest BCUT2D eigenvalue weighted by molar-refractivity contribution is 9.10. The van der Waals surface area contributed by atoms with Gasteiger partial charge in [0.05, 0.1) is 0 Å². The molecule has 1 heterocycles. The van der Waals surface area contributed by atoms with Gasteiger partial charge in [-0.1, -0.05) is 15.9 Å². The Balaban J connectivity index is 2.17. The molecule has 0 atom stereocenters. The molecule has 0 radical (unpaired) electrons. The van der Waals surface area contributed by atoms with Crippen molar-refractivity contribution in [3.63, 3.8) is 0 Å². The van der Waals surface area contributed by atoms with Gasteiger partial charge >= 0.3 is 6.09 Å². The Morgan fingerprint density at radius 3 is 2.22 bits per heavy atom. The molecule has 1 N–H and O–H groups in total. The quantitative estimate of drug-likeness (QED) is 0.859. The van der Waals surface area contributed by atoms with Gasteiger partial charge in [0, 0.05) is 23.1 Å². The van der Waals surface area contributed by atoms with Crippen LogP contribution >= 0.6 is 15.9 Å². The number of amides is 1. The predicted octanol–water partition coefficient (Wildman–Crippen LogP) is 3.58. The Labute approximate surface area is 112 Å². The first-order valence-corrected chi connectivity index (χ1v) is 6.40. The third-order valence-corrected chi connectivity index (χ3v) is 3.68. The van der Waals surface area contributed by atoms with Gasteiger partial charge in [-0.2, -0.15) is 0 Å². The van der Waals surface area contributed by atoms with E-state index in [0.29, 0.717) is 30.4 Å². The van der Waals surface area contributed by atoms with Crippen LogP contribution in [0.25, 0.3) is 0 Å². The first kappa shape index (κ1) is 13.3. The molecule has 1 fully saturated rings. The number of carboxylic acid groups (broad SMARTS) is 1.